The molecule has 0 unspecified atom stereocenters. The smallest absolute Gasteiger partial charge is 0.157 e. The molecule has 0 aromatic heterocycles. The lowest BCUT2D eigenvalue weighted by molar-refractivity contribution is -0.115. The molecule has 0 atom stereocenters. The Kier molecular flexibility index (Phi) is 3.16. The molecule has 0 rings (SSSR count). The molecule has 1 heteroatoms. The standard InChI is InChI=1S/C7H12O/c1-4-5-7(8)6(2)3/h2,4-5H2,1,3H3. The summed E-state index contributed by atoms with van der Waals surface area (Å²) in [6, 6.07) is 0. The molecule has 0 aliphatic carbocycles. The van der Waals surface area contributed by atoms with Gasteiger partial charge < -0.3 is 0 Å². The molecule has 0 bridgehead atoms. The molecule has 0 radical (unpaired) electrons. The van der Waals surface area contributed by atoms with Crippen LogP contribution >= 0.6 is 0 Å². The van der Waals surface area contributed by atoms with E-state index in [1.807, 2.05) is 6.92 Å². The van der Waals surface area contributed by atoms with Gasteiger partial charge in [0.15, 0.2) is 5.78 Å². The molecule has 8 heavy (non-hydrogen) atoms. The first kappa shape index (κ1) is 7.41. The number of Topliss-reactive ketones (excluding diaryl/α,β-unsaturated/α-hetero) is 1. The predicted octanol–water partition coefficient (Wildman–Crippen LogP) is 1.93. The van der Waals surface area contributed by atoms with Gasteiger partial charge in [-0.1, -0.05) is 13.5 Å². The molecule has 0 saturated heterocycles. The molecule has 0 amide bonds. The average Bonchev–Trinajstić information content (AvgIpc) is 1.67. The van der Waals surface area contributed by atoms with Crippen molar-refractivity contribution in [3.8, 4) is 0 Å². The second-order valence-electron chi connectivity index (χ2n) is 1.95. The summed E-state index contributed by atoms with van der Waals surface area (Å²) in [5.74, 6) is 0.188. The van der Waals surface area contributed by atoms with Crippen LogP contribution in [0.15, 0.2) is 12.2 Å². The van der Waals surface area contributed by atoms with Gasteiger partial charge in [-0.3, -0.25) is 4.79 Å². The first-order valence-electron chi connectivity index (χ1n) is 2.87. The number of rotatable bonds is 3. The fraction of sp³-hybridized carbons (Fsp3) is 0.571. The monoisotopic (exact) mass is 112 g/mol. The van der Waals surface area contributed by atoms with Crippen molar-refractivity contribution in [2.75, 3.05) is 0 Å². The summed E-state index contributed by atoms with van der Waals surface area (Å²) < 4.78 is 0. The molecule has 0 heterocycles. The number of carbonyl (C=O) groups is 1. The third-order valence-corrected chi connectivity index (χ3v) is 0.953. The van der Waals surface area contributed by atoms with E-state index in [1.165, 1.54) is 0 Å². The summed E-state index contributed by atoms with van der Waals surface area (Å²) in [5.41, 5.74) is 0.673. The summed E-state index contributed by atoms with van der Waals surface area (Å²) in [4.78, 5) is 10.6. The van der Waals surface area contributed by atoms with Crippen LogP contribution in [0.1, 0.15) is 26.7 Å². The highest BCUT2D eigenvalue weighted by atomic mass is 16.1. The van der Waals surface area contributed by atoms with E-state index in [4.69, 9.17) is 0 Å². The van der Waals surface area contributed by atoms with Crippen LogP contribution in [0.25, 0.3) is 0 Å². The maximum atomic E-state index is 10.6. The second-order valence-corrected chi connectivity index (χ2v) is 1.95. The van der Waals surface area contributed by atoms with Crippen LogP contribution in [0, 0.1) is 0 Å². The molecule has 0 spiro atoms. The van der Waals surface area contributed by atoms with Crippen LogP contribution in [0.5, 0.6) is 0 Å². The van der Waals surface area contributed by atoms with Gasteiger partial charge in [-0.25, -0.2) is 0 Å². The highest BCUT2D eigenvalue weighted by Crippen LogP contribution is 1.96. The van der Waals surface area contributed by atoms with Gasteiger partial charge in [0.05, 0.1) is 0 Å². The first-order valence-corrected chi connectivity index (χ1v) is 2.87. The molecule has 0 aliphatic rings. The third kappa shape index (κ3) is 2.56. The number of carbonyl (C=O) groups excluding carboxylic acids is 1. The highest BCUT2D eigenvalue weighted by Gasteiger charge is 1.97. The van der Waals surface area contributed by atoms with Crippen LogP contribution in [0.3, 0.4) is 0 Å². The third-order valence-electron chi connectivity index (χ3n) is 0.953. The number of hydrogen-bond donors (Lipinski definition) is 0. The second kappa shape index (κ2) is 3.42. The summed E-state index contributed by atoms with van der Waals surface area (Å²) in [6.07, 6.45) is 1.57. The van der Waals surface area contributed by atoms with Crippen molar-refractivity contribution in [2.45, 2.75) is 26.7 Å². The van der Waals surface area contributed by atoms with Gasteiger partial charge >= 0.3 is 0 Å². The van der Waals surface area contributed by atoms with Crippen molar-refractivity contribution >= 4 is 5.78 Å². The minimum absolute atomic E-state index is 0.188. The maximum absolute atomic E-state index is 10.6. The summed E-state index contributed by atoms with van der Waals surface area (Å²) in [7, 11) is 0. The predicted molar refractivity (Wildman–Crippen MR) is 34.7 cm³/mol. The molecule has 46 valence electrons. The van der Waals surface area contributed by atoms with Gasteiger partial charge in [-0.05, 0) is 18.9 Å². The lowest BCUT2D eigenvalue weighted by Crippen LogP contribution is -1.95. The highest BCUT2D eigenvalue weighted by molar-refractivity contribution is 5.93. The summed E-state index contributed by atoms with van der Waals surface area (Å²) >= 11 is 0. The Morgan fingerprint density at radius 1 is 1.62 bits per heavy atom. The Balaban J connectivity index is 3.49. The Bertz CT molecular complexity index is 103. The number of ketones is 1. The first-order chi connectivity index (χ1) is 3.68. The lowest BCUT2D eigenvalue weighted by Gasteiger charge is -1.92. The topological polar surface area (TPSA) is 17.1 Å². The van der Waals surface area contributed by atoms with Crippen molar-refractivity contribution in [3.05, 3.63) is 12.2 Å². The van der Waals surface area contributed by atoms with Gasteiger partial charge in [0.2, 0.25) is 0 Å². The molecule has 0 saturated carbocycles. The largest absolute Gasteiger partial charge is 0.295 e. The molecule has 0 N–H and O–H groups in total. The SMILES string of the molecule is C=C(C)C(=O)CCC. The van der Waals surface area contributed by atoms with Crippen molar-refractivity contribution in [1.29, 1.82) is 0 Å². The minimum atomic E-state index is 0.188. The zero-order valence-electron chi connectivity index (χ0n) is 5.53. The maximum Gasteiger partial charge on any atom is 0.157 e. The average molecular weight is 112 g/mol. The van der Waals surface area contributed by atoms with Crippen LogP contribution in [-0.4, -0.2) is 5.78 Å². The van der Waals surface area contributed by atoms with Crippen LogP contribution < -0.4 is 0 Å². The number of allylic oxidation sites excluding steroid dienone is 1. The van der Waals surface area contributed by atoms with Crippen molar-refractivity contribution < 1.29 is 4.79 Å². The summed E-state index contributed by atoms with van der Waals surface area (Å²) in [5, 5.41) is 0. The van der Waals surface area contributed by atoms with Crippen LogP contribution in [-0.2, 0) is 4.79 Å². The zero-order chi connectivity index (χ0) is 6.57. The molecular formula is C7H12O. The van der Waals surface area contributed by atoms with E-state index in [0.29, 0.717) is 12.0 Å². The fourth-order valence-corrected chi connectivity index (χ4v) is 0.440. The van der Waals surface area contributed by atoms with E-state index in [1.54, 1.807) is 6.92 Å². The van der Waals surface area contributed by atoms with E-state index >= 15 is 0 Å². The van der Waals surface area contributed by atoms with Gasteiger partial charge in [-0.2, -0.15) is 0 Å². The molecule has 0 aromatic rings. The Labute approximate surface area is 50.4 Å². The molecular weight excluding hydrogens is 100 g/mol. The van der Waals surface area contributed by atoms with Gasteiger partial charge in [0.25, 0.3) is 0 Å². The molecule has 0 fully saturated rings. The Hall–Kier alpha value is -0.590. The number of hydrogen-bond acceptors (Lipinski definition) is 1. The van der Waals surface area contributed by atoms with Crippen molar-refractivity contribution in [3.63, 3.8) is 0 Å². The molecule has 0 aliphatic heterocycles. The molecule has 1 nitrogen and oxygen atoms in total. The lowest BCUT2D eigenvalue weighted by atomic mass is 10.1. The zero-order valence-corrected chi connectivity index (χ0v) is 5.53. The quantitative estimate of drug-likeness (QED) is 0.510. The fourth-order valence-electron chi connectivity index (χ4n) is 0.440. The Morgan fingerprint density at radius 3 is 2.25 bits per heavy atom. The van der Waals surface area contributed by atoms with Crippen molar-refractivity contribution in [1.82, 2.24) is 0 Å². The van der Waals surface area contributed by atoms with Gasteiger partial charge in [0.1, 0.15) is 0 Å². The van der Waals surface area contributed by atoms with E-state index in [0.717, 1.165) is 6.42 Å². The van der Waals surface area contributed by atoms with Crippen LogP contribution in [0.2, 0.25) is 0 Å². The summed E-state index contributed by atoms with van der Waals surface area (Å²) in [6.45, 7) is 7.26. The normalized spacial score (nSPS) is 8.75. The van der Waals surface area contributed by atoms with E-state index in [-0.39, 0.29) is 5.78 Å². The van der Waals surface area contributed by atoms with Crippen molar-refractivity contribution in [2.24, 2.45) is 0 Å². The minimum Gasteiger partial charge on any atom is -0.295 e. The van der Waals surface area contributed by atoms with E-state index in [2.05, 4.69) is 6.58 Å². The van der Waals surface area contributed by atoms with Gasteiger partial charge in [0, 0.05) is 6.42 Å². The van der Waals surface area contributed by atoms with E-state index < -0.39 is 0 Å². The molecule has 0 aromatic carbocycles. The van der Waals surface area contributed by atoms with E-state index in [9.17, 15) is 4.79 Å². The van der Waals surface area contributed by atoms with Gasteiger partial charge in [-0.15, -0.1) is 0 Å². The Morgan fingerprint density at radius 2 is 2.12 bits per heavy atom. The van der Waals surface area contributed by atoms with Crippen LogP contribution in [0.4, 0.5) is 0 Å².